The quantitative estimate of drug-likeness (QED) is 0.494. The zero-order chi connectivity index (χ0) is 24.9. The van der Waals surface area contributed by atoms with Gasteiger partial charge in [-0.1, -0.05) is 41.0 Å². The maximum absolute atomic E-state index is 12.7. The summed E-state index contributed by atoms with van der Waals surface area (Å²) in [7, 11) is 0. The molecule has 36 heavy (non-hydrogen) atoms. The molecule has 0 unspecified atom stereocenters. The zero-order valence-electron chi connectivity index (χ0n) is 20.2. The van der Waals surface area contributed by atoms with Crippen LogP contribution in [0.25, 0.3) is 11.4 Å². The van der Waals surface area contributed by atoms with Crippen molar-refractivity contribution in [2.45, 2.75) is 45.3 Å². The Morgan fingerprint density at radius 3 is 2.42 bits per heavy atom. The van der Waals surface area contributed by atoms with E-state index in [0.29, 0.717) is 42.8 Å². The van der Waals surface area contributed by atoms with Crippen LogP contribution in [0.5, 0.6) is 0 Å². The van der Waals surface area contributed by atoms with Crippen LogP contribution in [0, 0.1) is 5.92 Å². The van der Waals surface area contributed by atoms with Crippen LogP contribution in [0.15, 0.2) is 53.1 Å². The molecule has 0 aliphatic carbocycles. The minimum Gasteiger partial charge on any atom is -0.352 e. The van der Waals surface area contributed by atoms with Crippen molar-refractivity contribution in [3.05, 3.63) is 70.6 Å². The number of rotatable bonds is 8. The number of amides is 2. The molecule has 0 atom stereocenters. The fourth-order valence-corrected chi connectivity index (χ4v) is 4.89. The molecule has 2 aliphatic heterocycles. The smallest absolute Gasteiger partial charge is 0.241 e. The second-order valence-corrected chi connectivity index (χ2v) is 9.96. The van der Waals surface area contributed by atoms with Gasteiger partial charge in [0, 0.05) is 42.6 Å². The Bertz CT molecular complexity index is 1190. The first-order valence-corrected chi connectivity index (χ1v) is 12.9. The summed E-state index contributed by atoms with van der Waals surface area (Å²) < 4.78 is 5.43. The molecule has 5 rings (SSSR count). The monoisotopic (exact) mass is 507 g/mol. The maximum atomic E-state index is 12.7. The highest BCUT2D eigenvalue weighted by Gasteiger charge is 2.26. The van der Waals surface area contributed by atoms with Crippen molar-refractivity contribution in [1.82, 2.24) is 25.3 Å². The molecule has 1 aromatic heterocycles. The summed E-state index contributed by atoms with van der Waals surface area (Å²) in [6.07, 6.45) is 3.20. The number of carbonyl (C=O) groups is 2. The molecule has 0 saturated carbocycles. The van der Waals surface area contributed by atoms with Gasteiger partial charge < -0.3 is 14.7 Å². The Hall–Kier alpha value is -3.23. The molecule has 0 spiro atoms. The first kappa shape index (κ1) is 24.5. The Morgan fingerprint density at radius 2 is 1.72 bits per heavy atom. The van der Waals surface area contributed by atoms with E-state index in [1.54, 1.807) is 12.1 Å². The summed E-state index contributed by atoms with van der Waals surface area (Å²) in [6, 6.07) is 15.5. The number of nitrogens with zero attached hydrogens (tertiary/aromatic N) is 4. The highest BCUT2D eigenvalue weighted by Crippen LogP contribution is 2.22. The normalized spacial score (nSPS) is 17.0. The van der Waals surface area contributed by atoms with E-state index in [2.05, 4.69) is 20.4 Å². The number of aromatic nitrogens is 2. The predicted molar refractivity (Wildman–Crippen MR) is 136 cm³/mol. The average Bonchev–Trinajstić information content (AvgIpc) is 3.53. The molecule has 188 valence electrons. The third-order valence-corrected chi connectivity index (χ3v) is 7.17. The third-order valence-electron chi connectivity index (χ3n) is 6.92. The lowest BCUT2D eigenvalue weighted by Gasteiger charge is -2.30. The van der Waals surface area contributed by atoms with Crippen LogP contribution >= 0.6 is 11.6 Å². The topological polar surface area (TPSA) is 91.6 Å². The number of nitrogens with one attached hydrogen (secondary N) is 1. The van der Waals surface area contributed by atoms with E-state index in [1.807, 2.05) is 41.3 Å². The van der Waals surface area contributed by atoms with Crippen LogP contribution in [0.2, 0.25) is 5.02 Å². The Morgan fingerprint density at radius 1 is 1.00 bits per heavy atom. The standard InChI is InChI=1S/C27H30ClN5O3/c28-23-9-7-21(8-10-23)26-30-24(36-31-26)18-32-14-11-22(12-15-32)27(35)29-16-19-3-5-20(6-4-19)17-33-13-1-2-25(33)34/h3-10,22H,1-2,11-18H2,(H,29,35). The molecule has 8 nitrogen and oxygen atoms in total. The number of likely N-dealkylation sites (tertiary alicyclic amines) is 2. The fourth-order valence-electron chi connectivity index (χ4n) is 4.77. The van der Waals surface area contributed by atoms with Crippen molar-refractivity contribution >= 4 is 23.4 Å². The maximum Gasteiger partial charge on any atom is 0.241 e. The lowest BCUT2D eigenvalue weighted by molar-refractivity contribution is -0.128. The molecule has 2 amide bonds. The van der Waals surface area contributed by atoms with Crippen molar-refractivity contribution in [3.63, 3.8) is 0 Å². The lowest BCUT2D eigenvalue weighted by atomic mass is 9.96. The van der Waals surface area contributed by atoms with Crippen molar-refractivity contribution in [3.8, 4) is 11.4 Å². The van der Waals surface area contributed by atoms with Crippen LogP contribution in [-0.4, -0.2) is 51.4 Å². The summed E-state index contributed by atoms with van der Waals surface area (Å²) in [5.41, 5.74) is 3.04. The van der Waals surface area contributed by atoms with Gasteiger partial charge in [-0.2, -0.15) is 4.98 Å². The SMILES string of the molecule is O=C(NCc1ccc(CN2CCCC2=O)cc1)C1CCN(Cc2nc(-c3ccc(Cl)cc3)no2)CC1. The number of halogens is 1. The van der Waals surface area contributed by atoms with Gasteiger partial charge in [0.2, 0.25) is 23.5 Å². The molecule has 1 N–H and O–H groups in total. The van der Waals surface area contributed by atoms with Crippen LogP contribution in [0.4, 0.5) is 0 Å². The van der Waals surface area contributed by atoms with Gasteiger partial charge in [-0.15, -0.1) is 0 Å². The van der Waals surface area contributed by atoms with Crippen LogP contribution in [0.1, 0.15) is 42.7 Å². The molecular formula is C27H30ClN5O3. The van der Waals surface area contributed by atoms with Gasteiger partial charge in [0.1, 0.15) is 0 Å². The molecule has 2 aliphatic rings. The largest absolute Gasteiger partial charge is 0.352 e. The highest BCUT2D eigenvalue weighted by molar-refractivity contribution is 6.30. The second kappa shape index (κ2) is 11.2. The second-order valence-electron chi connectivity index (χ2n) is 9.52. The van der Waals surface area contributed by atoms with Gasteiger partial charge in [-0.25, -0.2) is 0 Å². The van der Waals surface area contributed by atoms with Gasteiger partial charge in [-0.3, -0.25) is 14.5 Å². The summed E-state index contributed by atoms with van der Waals surface area (Å²) in [4.78, 5) is 33.2. The number of hydrogen-bond acceptors (Lipinski definition) is 6. The van der Waals surface area contributed by atoms with E-state index in [4.69, 9.17) is 16.1 Å². The van der Waals surface area contributed by atoms with Crippen molar-refractivity contribution in [1.29, 1.82) is 0 Å². The van der Waals surface area contributed by atoms with Gasteiger partial charge in [0.05, 0.1) is 6.54 Å². The van der Waals surface area contributed by atoms with Crippen LogP contribution < -0.4 is 5.32 Å². The first-order valence-electron chi connectivity index (χ1n) is 12.5. The molecule has 0 bridgehead atoms. The molecule has 9 heteroatoms. The molecule has 0 radical (unpaired) electrons. The van der Waals surface area contributed by atoms with Crippen molar-refractivity contribution < 1.29 is 14.1 Å². The Kier molecular flexibility index (Phi) is 7.63. The van der Waals surface area contributed by atoms with E-state index in [-0.39, 0.29) is 17.7 Å². The number of carbonyl (C=O) groups excluding carboxylic acids is 2. The predicted octanol–water partition coefficient (Wildman–Crippen LogP) is 4.04. The van der Waals surface area contributed by atoms with E-state index in [1.165, 1.54) is 0 Å². The molecule has 2 saturated heterocycles. The summed E-state index contributed by atoms with van der Waals surface area (Å²) in [5.74, 6) is 1.46. The van der Waals surface area contributed by atoms with Crippen LogP contribution in [0.3, 0.4) is 0 Å². The zero-order valence-corrected chi connectivity index (χ0v) is 20.9. The number of hydrogen-bond donors (Lipinski definition) is 1. The first-order chi connectivity index (χ1) is 17.5. The van der Waals surface area contributed by atoms with Crippen molar-refractivity contribution in [2.24, 2.45) is 5.92 Å². The Labute approximate surface area is 215 Å². The highest BCUT2D eigenvalue weighted by atomic mass is 35.5. The summed E-state index contributed by atoms with van der Waals surface area (Å²) in [5, 5.41) is 7.83. The van der Waals surface area contributed by atoms with Gasteiger partial charge in [-0.05, 0) is 67.7 Å². The van der Waals surface area contributed by atoms with Gasteiger partial charge >= 0.3 is 0 Å². The van der Waals surface area contributed by atoms with E-state index < -0.39 is 0 Å². The summed E-state index contributed by atoms with van der Waals surface area (Å²) in [6.45, 7) is 4.20. The molecule has 3 aromatic rings. The van der Waals surface area contributed by atoms with E-state index >= 15 is 0 Å². The molecular weight excluding hydrogens is 478 g/mol. The van der Waals surface area contributed by atoms with E-state index in [0.717, 1.165) is 55.6 Å². The van der Waals surface area contributed by atoms with E-state index in [9.17, 15) is 9.59 Å². The Balaban J connectivity index is 1.04. The van der Waals surface area contributed by atoms with Gasteiger partial charge in [0.25, 0.3) is 0 Å². The van der Waals surface area contributed by atoms with Crippen LogP contribution in [-0.2, 0) is 29.2 Å². The molecule has 2 aromatic carbocycles. The number of piperidine rings is 1. The molecule has 2 fully saturated rings. The van der Waals surface area contributed by atoms with Crippen molar-refractivity contribution in [2.75, 3.05) is 19.6 Å². The minimum atomic E-state index is 0.00835. The number of benzene rings is 2. The summed E-state index contributed by atoms with van der Waals surface area (Å²) >= 11 is 5.94. The lowest BCUT2D eigenvalue weighted by Crippen LogP contribution is -2.40. The average molecular weight is 508 g/mol. The van der Waals surface area contributed by atoms with Gasteiger partial charge in [0.15, 0.2) is 0 Å². The minimum absolute atomic E-state index is 0.00835. The molecule has 3 heterocycles. The third kappa shape index (κ3) is 6.12. The fraction of sp³-hybridized carbons (Fsp3) is 0.407.